The Hall–Kier alpha value is -0.610. The SMILES string of the molecule is CCCNC1(C(N)=O)CCOC(C)(CC)C1. The van der Waals surface area contributed by atoms with Crippen molar-refractivity contribution in [1.29, 1.82) is 0 Å². The molecule has 0 aromatic heterocycles. The van der Waals surface area contributed by atoms with Gasteiger partial charge in [0.2, 0.25) is 5.91 Å². The average molecular weight is 228 g/mol. The molecule has 1 heterocycles. The molecule has 0 aromatic carbocycles. The van der Waals surface area contributed by atoms with E-state index in [-0.39, 0.29) is 11.5 Å². The summed E-state index contributed by atoms with van der Waals surface area (Å²) < 4.78 is 5.75. The van der Waals surface area contributed by atoms with Gasteiger partial charge in [0, 0.05) is 13.0 Å². The van der Waals surface area contributed by atoms with E-state index >= 15 is 0 Å². The van der Waals surface area contributed by atoms with E-state index in [1.165, 1.54) is 0 Å². The highest BCUT2D eigenvalue weighted by molar-refractivity contribution is 5.85. The van der Waals surface area contributed by atoms with Crippen LogP contribution in [0.3, 0.4) is 0 Å². The van der Waals surface area contributed by atoms with Gasteiger partial charge in [0.25, 0.3) is 0 Å². The summed E-state index contributed by atoms with van der Waals surface area (Å²) in [6.45, 7) is 7.64. The van der Waals surface area contributed by atoms with Crippen molar-refractivity contribution in [2.75, 3.05) is 13.2 Å². The van der Waals surface area contributed by atoms with Gasteiger partial charge in [-0.2, -0.15) is 0 Å². The van der Waals surface area contributed by atoms with Gasteiger partial charge < -0.3 is 15.8 Å². The predicted molar refractivity (Wildman–Crippen MR) is 64.1 cm³/mol. The largest absolute Gasteiger partial charge is 0.375 e. The second kappa shape index (κ2) is 5.15. The Morgan fingerprint density at radius 2 is 2.19 bits per heavy atom. The van der Waals surface area contributed by atoms with Crippen LogP contribution in [0.4, 0.5) is 0 Å². The molecule has 0 aromatic rings. The number of nitrogens with two attached hydrogens (primary N) is 1. The monoisotopic (exact) mass is 228 g/mol. The molecule has 0 spiro atoms. The molecule has 4 heteroatoms. The fourth-order valence-corrected chi connectivity index (χ4v) is 2.29. The van der Waals surface area contributed by atoms with Gasteiger partial charge in [0.15, 0.2) is 0 Å². The van der Waals surface area contributed by atoms with Crippen LogP contribution < -0.4 is 11.1 Å². The van der Waals surface area contributed by atoms with Gasteiger partial charge in [0.05, 0.1) is 5.60 Å². The summed E-state index contributed by atoms with van der Waals surface area (Å²) in [7, 11) is 0. The highest BCUT2D eigenvalue weighted by Crippen LogP contribution is 2.34. The van der Waals surface area contributed by atoms with Crippen LogP contribution in [-0.4, -0.2) is 30.2 Å². The maximum atomic E-state index is 11.7. The summed E-state index contributed by atoms with van der Waals surface area (Å²) in [5.74, 6) is -0.246. The van der Waals surface area contributed by atoms with E-state index in [0.29, 0.717) is 19.4 Å². The van der Waals surface area contributed by atoms with E-state index in [0.717, 1.165) is 19.4 Å². The van der Waals surface area contributed by atoms with Crippen LogP contribution in [0.25, 0.3) is 0 Å². The summed E-state index contributed by atoms with van der Waals surface area (Å²) in [4.78, 5) is 11.7. The number of hydrogen-bond acceptors (Lipinski definition) is 3. The van der Waals surface area contributed by atoms with Crippen molar-refractivity contribution in [2.24, 2.45) is 5.73 Å². The molecule has 0 saturated carbocycles. The Labute approximate surface area is 97.9 Å². The van der Waals surface area contributed by atoms with Gasteiger partial charge in [-0.1, -0.05) is 13.8 Å². The van der Waals surface area contributed by atoms with Crippen molar-refractivity contribution >= 4 is 5.91 Å². The minimum Gasteiger partial charge on any atom is -0.375 e. The first-order chi connectivity index (χ1) is 7.48. The molecule has 0 aliphatic carbocycles. The summed E-state index contributed by atoms with van der Waals surface area (Å²) in [5.41, 5.74) is 4.76. The Bertz CT molecular complexity index is 257. The average Bonchev–Trinajstić information content (AvgIpc) is 2.26. The predicted octanol–water partition coefficient (Wildman–Crippen LogP) is 1.19. The van der Waals surface area contributed by atoms with Gasteiger partial charge in [-0.05, 0) is 32.7 Å². The van der Waals surface area contributed by atoms with Crippen molar-refractivity contribution in [3.05, 3.63) is 0 Å². The van der Waals surface area contributed by atoms with Crippen LogP contribution in [0.15, 0.2) is 0 Å². The fraction of sp³-hybridized carbons (Fsp3) is 0.917. The normalized spacial score (nSPS) is 34.9. The molecule has 1 amide bonds. The van der Waals surface area contributed by atoms with Crippen molar-refractivity contribution < 1.29 is 9.53 Å². The van der Waals surface area contributed by atoms with E-state index < -0.39 is 5.54 Å². The molecule has 3 N–H and O–H groups in total. The van der Waals surface area contributed by atoms with Crippen LogP contribution in [0.2, 0.25) is 0 Å². The third kappa shape index (κ3) is 2.74. The smallest absolute Gasteiger partial charge is 0.237 e. The number of hydrogen-bond donors (Lipinski definition) is 2. The van der Waals surface area contributed by atoms with Crippen LogP contribution in [0, 0.1) is 0 Å². The first kappa shape index (κ1) is 13.5. The first-order valence-electron chi connectivity index (χ1n) is 6.17. The van der Waals surface area contributed by atoms with Crippen LogP contribution in [-0.2, 0) is 9.53 Å². The lowest BCUT2D eigenvalue weighted by molar-refractivity contribution is -0.141. The number of rotatable bonds is 5. The highest BCUT2D eigenvalue weighted by Gasteiger charge is 2.45. The topological polar surface area (TPSA) is 64.3 Å². The molecule has 1 aliphatic heterocycles. The van der Waals surface area contributed by atoms with Crippen LogP contribution >= 0.6 is 0 Å². The van der Waals surface area contributed by atoms with Crippen molar-refractivity contribution in [3.63, 3.8) is 0 Å². The molecule has 1 aliphatic rings. The maximum absolute atomic E-state index is 11.7. The molecule has 94 valence electrons. The molecule has 1 saturated heterocycles. The number of primary amides is 1. The van der Waals surface area contributed by atoms with E-state index in [9.17, 15) is 4.79 Å². The lowest BCUT2D eigenvalue weighted by atomic mass is 9.78. The van der Waals surface area contributed by atoms with E-state index in [1.54, 1.807) is 0 Å². The summed E-state index contributed by atoms with van der Waals surface area (Å²) in [5, 5.41) is 3.32. The summed E-state index contributed by atoms with van der Waals surface area (Å²) in [6.07, 6.45) is 3.25. The Morgan fingerprint density at radius 3 is 2.69 bits per heavy atom. The number of amides is 1. The second-order valence-electron chi connectivity index (χ2n) is 4.95. The van der Waals surface area contributed by atoms with E-state index in [4.69, 9.17) is 10.5 Å². The van der Waals surface area contributed by atoms with Gasteiger partial charge >= 0.3 is 0 Å². The Balaban J connectivity index is 2.80. The lowest BCUT2D eigenvalue weighted by Gasteiger charge is -2.44. The Kier molecular flexibility index (Phi) is 4.33. The maximum Gasteiger partial charge on any atom is 0.237 e. The third-order valence-corrected chi connectivity index (χ3v) is 3.59. The van der Waals surface area contributed by atoms with E-state index in [2.05, 4.69) is 26.1 Å². The van der Waals surface area contributed by atoms with Gasteiger partial charge in [-0.25, -0.2) is 0 Å². The minimum atomic E-state index is -0.570. The molecule has 2 atom stereocenters. The van der Waals surface area contributed by atoms with Gasteiger partial charge in [-0.15, -0.1) is 0 Å². The summed E-state index contributed by atoms with van der Waals surface area (Å²) in [6, 6.07) is 0. The number of ether oxygens (including phenoxy) is 1. The van der Waals surface area contributed by atoms with Crippen LogP contribution in [0.5, 0.6) is 0 Å². The zero-order valence-electron chi connectivity index (χ0n) is 10.6. The fourth-order valence-electron chi connectivity index (χ4n) is 2.29. The lowest BCUT2D eigenvalue weighted by Crippen LogP contribution is -2.62. The molecule has 0 radical (unpaired) electrons. The molecule has 2 unspecified atom stereocenters. The third-order valence-electron chi connectivity index (χ3n) is 3.59. The van der Waals surface area contributed by atoms with Gasteiger partial charge in [0.1, 0.15) is 5.54 Å². The molecular weight excluding hydrogens is 204 g/mol. The number of nitrogens with one attached hydrogen (secondary N) is 1. The molecule has 4 nitrogen and oxygen atoms in total. The minimum absolute atomic E-state index is 0.228. The Morgan fingerprint density at radius 1 is 1.50 bits per heavy atom. The standard InChI is InChI=1S/C12H24N2O2/c1-4-7-14-12(10(13)15)6-8-16-11(3,5-2)9-12/h14H,4-9H2,1-3H3,(H2,13,15). The van der Waals surface area contributed by atoms with Crippen molar-refractivity contribution in [3.8, 4) is 0 Å². The molecule has 1 fully saturated rings. The summed E-state index contributed by atoms with van der Waals surface area (Å²) >= 11 is 0. The zero-order valence-corrected chi connectivity index (χ0v) is 10.6. The van der Waals surface area contributed by atoms with Gasteiger partial charge in [-0.3, -0.25) is 4.79 Å². The molecule has 0 bridgehead atoms. The number of carbonyl (C=O) groups is 1. The van der Waals surface area contributed by atoms with Crippen LogP contribution in [0.1, 0.15) is 46.5 Å². The van der Waals surface area contributed by atoms with Crippen molar-refractivity contribution in [2.45, 2.75) is 57.6 Å². The van der Waals surface area contributed by atoms with E-state index in [1.807, 2.05) is 0 Å². The highest BCUT2D eigenvalue weighted by atomic mass is 16.5. The quantitative estimate of drug-likeness (QED) is 0.743. The molecule has 16 heavy (non-hydrogen) atoms. The first-order valence-corrected chi connectivity index (χ1v) is 6.17. The molecular formula is C12H24N2O2. The number of carbonyl (C=O) groups excluding carboxylic acids is 1. The second-order valence-corrected chi connectivity index (χ2v) is 4.95. The zero-order chi connectivity index (χ0) is 12.2. The van der Waals surface area contributed by atoms with Crippen molar-refractivity contribution in [1.82, 2.24) is 5.32 Å². The molecule has 1 rings (SSSR count).